The summed E-state index contributed by atoms with van der Waals surface area (Å²) in [5.74, 6) is 0. The normalized spacial score (nSPS) is 20.6. The predicted octanol–water partition coefficient (Wildman–Crippen LogP) is 2.32. The topological polar surface area (TPSA) is 61.8 Å². The molecule has 1 atom stereocenters. The predicted molar refractivity (Wildman–Crippen MR) is 90.2 cm³/mol. The Balaban J connectivity index is 1.94. The molecule has 0 N–H and O–H groups in total. The van der Waals surface area contributed by atoms with Crippen molar-refractivity contribution in [3.8, 4) is 0 Å². The van der Waals surface area contributed by atoms with E-state index in [1.807, 2.05) is 60.7 Å². The van der Waals surface area contributed by atoms with E-state index in [-0.39, 0.29) is 13.2 Å². The average Bonchev–Trinajstić information content (AvgIpc) is 2.61. The van der Waals surface area contributed by atoms with E-state index in [1.165, 1.54) is 0 Å². The van der Waals surface area contributed by atoms with Crippen molar-refractivity contribution < 1.29 is 22.1 Å². The van der Waals surface area contributed by atoms with E-state index >= 15 is 0 Å². The number of ether oxygens (including phenoxy) is 2. The van der Waals surface area contributed by atoms with E-state index in [1.54, 1.807) is 0 Å². The first kappa shape index (κ1) is 17.1. The summed E-state index contributed by atoms with van der Waals surface area (Å²) in [4.78, 5) is 0. The molecule has 3 rings (SSSR count). The molecule has 0 aromatic heterocycles. The van der Waals surface area contributed by atoms with Crippen molar-refractivity contribution >= 4 is 10.1 Å². The fourth-order valence-corrected chi connectivity index (χ4v) is 3.25. The number of hydrogen-bond donors (Lipinski definition) is 0. The van der Waals surface area contributed by atoms with Crippen LogP contribution in [0.25, 0.3) is 0 Å². The van der Waals surface area contributed by atoms with E-state index in [0.29, 0.717) is 6.61 Å². The van der Waals surface area contributed by atoms with Crippen LogP contribution in [0.5, 0.6) is 0 Å². The standard InChI is InChI=1S/C18H20O5S/c1-24(19,20)22-13-17-12-21-14-18(23-17,15-8-4-2-5-9-15)16-10-6-3-7-11-16/h2-11,17H,12-14H2,1H3/t17-/m0/s1. The number of hydrogen-bond acceptors (Lipinski definition) is 5. The zero-order valence-corrected chi connectivity index (χ0v) is 14.2. The second-order valence-corrected chi connectivity index (χ2v) is 7.45. The van der Waals surface area contributed by atoms with Gasteiger partial charge in [-0.2, -0.15) is 8.42 Å². The van der Waals surface area contributed by atoms with Crippen molar-refractivity contribution in [3.63, 3.8) is 0 Å². The highest BCUT2D eigenvalue weighted by Crippen LogP contribution is 2.37. The third kappa shape index (κ3) is 3.84. The lowest BCUT2D eigenvalue weighted by Crippen LogP contribution is -2.48. The molecule has 0 unspecified atom stereocenters. The van der Waals surface area contributed by atoms with Gasteiger partial charge in [0, 0.05) is 0 Å². The molecule has 2 aromatic rings. The zero-order chi connectivity index (χ0) is 17.0. The van der Waals surface area contributed by atoms with Gasteiger partial charge in [0.2, 0.25) is 0 Å². The molecule has 24 heavy (non-hydrogen) atoms. The van der Waals surface area contributed by atoms with E-state index < -0.39 is 21.8 Å². The SMILES string of the molecule is CS(=O)(=O)OC[C@@H]1COCC(c2ccccc2)(c2ccccc2)O1. The van der Waals surface area contributed by atoms with Crippen molar-refractivity contribution in [2.45, 2.75) is 11.7 Å². The monoisotopic (exact) mass is 348 g/mol. The Bertz CT molecular complexity index is 719. The molecular formula is C18H20O5S. The number of benzene rings is 2. The Morgan fingerprint density at radius 1 is 1.04 bits per heavy atom. The maximum Gasteiger partial charge on any atom is 0.264 e. The van der Waals surface area contributed by atoms with Gasteiger partial charge in [-0.25, -0.2) is 0 Å². The Kier molecular flexibility index (Phi) is 5.01. The van der Waals surface area contributed by atoms with Gasteiger partial charge in [0.05, 0.1) is 26.1 Å². The lowest BCUT2D eigenvalue weighted by molar-refractivity contribution is -0.192. The first-order chi connectivity index (χ1) is 11.5. The second-order valence-electron chi connectivity index (χ2n) is 5.80. The molecule has 5 nitrogen and oxygen atoms in total. The maximum absolute atomic E-state index is 11.3. The van der Waals surface area contributed by atoms with Gasteiger partial charge in [-0.05, 0) is 11.1 Å². The van der Waals surface area contributed by atoms with Crippen LogP contribution in [-0.4, -0.2) is 40.6 Å². The molecule has 0 radical (unpaired) electrons. The molecule has 0 amide bonds. The molecule has 1 heterocycles. The highest BCUT2D eigenvalue weighted by molar-refractivity contribution is 7.85. The Labute approximate surface area is 142 Å². The maximum atomic E-state index is 11.3. The quantitative estimate of drug-likeness (QED) is 0.776. The second kappa shape index (κ2) is 7.03. The summed E-state index contributed by atoms with van der Waals surface area (Å²) in [5.41, 5.74) is 1.13. The van der Waals surface area contributed by atoms with E-state index in [4.69, 9.17) is 13.7 Å². The Morgan fingerprint density at radius 3 is 2.08 bits per heavy atom. The molecular weight excluding hydrogens is 328 g/mol. The van der Waals surface area contributed by atoms with Crippen LogP contribution >= 0.6 is 0 Å². The summed E-state index contributed by atoms with van der Waals surface area (Å²) in [5, 5.41) is 0. The van der Waals surface area contributed by atoms with Gasteiger partial charge in [0.15, 0.2) is 0 Å². The van der Waals surface area contributed by atoms with Crippen LogP contribution in [0.3, 0.4) is 0 Å². The Hall–Kier alpha value is -1.73. The van der Waals surface area contributed by atoms with Gasteiger partial charge in [-0.3, -0.25) is 4.18 Å². The van der Waals surface area contributed by atoms with Gasteiger partial charge in [0.1, 0.15) is 11.7 Å². The molecule has 0 aliphatic carbocycles. The summed E-state index contributed by atoms with van der Waals surface area (Å²) in [6.45, 7) is 0.577. The van der Waals surface area contributed by atoms with E-state index in [9.17, 15) is 8.42 Å². The summed E-state index contributed by atoms with van der Waals surface area (Å²) >= 11 is 0. The zero-order valence-electron chi connectivity index (χ0n) is 13.4. The minimum atomic E-state index is -3.53. The van der Waals surface area contributed by atoms with Crippen molar-refractivity contribution in [2.75, 3.05) is 26.1 Å². The summed E-state index contributed by atoms with van der Waals surface area (Å²) in [7, 11) is -3.53. The molecule has 0 saturated carbocycles. The van der Waals surface area contributed by atoms with Crippen LogP contribution in [0.1, 0.15) is 11.1 Å². The van der Waals surface area contributed by atoms with Crippen LogP contribution in [0.4, 0.5) is 0 Å². The lowest BCUT2D eigenvalue weighted by atomic mass is 9.86. The van der Waals surface area contributed by atoms with Gasteiger partial charge in [0.25, 0.3) is 10.1 Å². The van der Waals surface area contributed by atoms with Gasteiger partial charge in [-0.1, -0.05) is 60.7 Å². The third-order valence-electron chi connectivity index (χ3n) is 3.93. The van der Waals surface area contributed by atoms with Crippen molar-refractivity contribution in [2.24, 2.45) is 0 Å². The van der Waals surface area contributed by atoms with Crippen LogP contribution in [0.15, 0.2) is 60.7 Å². The number of rotatable bonds is 5. The highest BCUT2D eigenvalue weighted by atomic mass is 32.2. The van der Waals surface area contributed by atoms with Crippen LogP contribution in [0, 0.1) is 0 Å². The van der Waals surface area contributed by atoms with Crippen LogP contribution < -0.4 is 0 Å². The molecule has 1 aliphatic rings. The molecule has 0 bridgehead atoms. The highest BCUT2D eigenvalue weighted by Gasteiger charge is 2.41. The average molecular weight is 348 g/mol. The molecule has 128 valence electrons. The summed E-state index contributed by atoms with van der Waals surface area (Å²) < 4.78 is 39.5. The largest absolute Gasteiger partial charge is 0.375 e. The molecule has 6 heteroatoms. The minimum absolute atomic E-state index is 0.0692. The molecule has 1 fully saturated rings. The van der Waals surface area contributed by atoms with Crippen LogP contribution in [-0.2, 0) is 29.4 Å². The third-order valence-corrected chi connectivity index (χ3v) is 4.49. The van der Waals surface area contributed by atoms with Gasteiger partial charge < -0.3 is 9.47 Å². The molecule has 1 saturated heterocycles. The first-order valence-electron chi connectivity index (χ1n) is 7.71. The van der Waals surface area contributed by atoms with E-state index in [0.717, 1.165) is 17.4 Å². The van der Waals surface area contributed by atoms with Gasteiger partial charge >= 0.3 is 0 Å². The minimum Gasteiger partial charge on any atom is -0.375 e. The molecule has 0 spiro atoms. The summed E-state index contributed by atoms with van der Waals surface area (Å²) in [6.07, 6.45) is 0.548. The molecule has 1 aliphatic heterocycles. The van der Waals surface area contributed by atoms with Crippen molar-refractivity contribution in [1.82, 2.24) is 0 Å². The lowest BCUT2D eigenvalue weighted by Gasteiger charge is -2.41. The van der Waals surface area contributed by atoms with Crippen LogP contribution in [0.2, 0.25) is 0 Å². The van der Waals surface area contributed by atoms with Crippen molar-refractivity contribution in [1.29, 1.82) is 0 Å². The summed E-state index contributed by atoms with van der Waals surface area (Å²) in [6, 6.07) is 19.6. The van der Waals surface area contributed by atoms with Gasteiger partial charge in [-0.15, -0.1) is 0 Å². The fourth-order valence-electron chi connectivity index (χ4n) is 2.85. The fraction of sp³-hybridized carbons (Fsp3) is 0.333. The smallest absolute Gasteiger partial charge is 0.264 e. The Morgan fingerprint density at radius 2 is 1.58 bits per heavy atom. The molecule has 2 aromatic carbocycles. The first-order valence-corrected chi connectivity index (χ1v) is 9.52. The van der Waals surface area contributed by atoms with Crippen molar-refractivity contribution in [3.05, 3.63) is 71.8 Å². The van der Waals surface area contributed by atoms with E-state index in [2.05, 4.69) is 0 Å².